The van der Waals surface area contributed by atoms with E-state index in [4.69, 9.17) is 5.11 Å². The molecule has 1 aliphatic heterocycles. The van der Waals surface area contributed by atoms with Crippen molar-refractivity contribution in [1.82, 2.24) is 4.90 Å². The summed E-state index contributed by atoms with van der Waals surface area (Å²) >= 11 is 0. The van der Waals surface area contributed by atoms with Crippen LogP contribution in [0.25, 0.3) is 0 Å². The van der Waals surface area contributed by atoms with Crippen LogP contribution in [0.5, 0.6) is 0 Å². The van der Waals surface area contributed by atoms with Crippen molar-refractivity contribution >= 4 is 11.9 Å². The molecule has 0 amide bonds. The van der Waals surface area contributed by atoms with Crippen molar-refractivity contribution in [2.75, 3.05) is 19.6 Å². The van der Waals surface area contributed by atoms with Gasteiger partial charge in [-0.1, -0.05) is 6.08 Å². The summed E-state index contributed by atoms with van der Waals surface area (Å²) in [5.41, 5.74) is -0.135. The Kier molecular flexibility index (Phi) is 3.26. The van der Waals surface area contributed by atoms with Gasteiger partial charge in [0.25, 0.3) is 0 Å². The molecule has 0 aromatic rings. The van der Waals surface area contributed by atoms with E-state index in [1.807, 2.05) is 0 Å². The Balaban J connectivity index is 2.24. The third kappa shape index (κ3) is 2.46. The summed E-state index contributed by atoms with van der Waals surface area (Å²) in [4.78, 5) is 24.5. The largest absolute Gasteiger partial charge is 0.481 e. The zero-order valence-corrected chi connectivity index (χ0v) is 10.3. The maximum absolute atomic E-state index is 11.3. The first kappa shape index (κ1) is 12.8. The Morgan fingerprint density at radius 2 is 2.06 bits per heavy atom. The second-order valence-corrected chi connectivity index (χ2v) is 5.22. The Bertz CT molecular complexity index is 448. The minimum absolute atomic E-state index is 0.0428. The van der Waals surface area contributed by atoms with E-state index in [1.165, 1.54) is 0 Å². The van der Waals surface area contributed by atoms with Gasteiger partial charge in [-0.3, -0.25) is 9.69 Å². The molecular formula is C13H17NO4. The van der Waals surface area contributed by atoms with Crippen molar-refractivity contribution in [2.45, 2.75) is 19.8 Å². The fraction of sp³-hybridized carbons (Fsp3) is 0.538. The molecule has 0 aromatic heterocycles. The number of carbonyl (C=O) groups is 2. The van der Waals surface area contributed by atoms with E-state index in [2.05, 4.69) is 4.90 Å². The molecule has 0 bridgehead atoms. The molecule has 1 atom stereocenters. The van der Waals surface area contributed by atoms with Gasteiger partial charge < -0.3 is 10.2 Å². The fourth-order valence-corrected chi connectivity index (χ4v) is 2.34. The van der Waals surface area contributed by atoms with Gasteiger partial charge >= 0.3 is 11.9 Å². The third-order valence-electron chi connectivity index (χ3n) is 3.54. The summed E-state index contributed by atoms with van der Waals surface area (Å²) in [5, 5.41) is 18.3. The van der Waals surface area contributed by atoms with Crippen LogP contribution in [-0.2, 0) is 9.59 Å². The van der Waals surface area contributed by atoms with Crippen molar-refractivity contribution in [3.8, 4) is 0 Å². The number of aliphatic carboxylic acids is 2. The average molecular weight is 251 g/mol. The first-order chi connectivity index (χ1) is 8.40. The highest BCUT2D eigenvalue weighted by Crippen LogP contribution is 2.34. The summed E-state index contributed by atoms with van der Waals surface area (Å²) in [6, 6.07) is 0. The van der Waals surface area contributed by atoms with Crippen molar-refractivity contribution < 1.29 is 19.8 Å². The van der Waals surface area contributed by atoms with Crippen LogP contribution in [0.4, 0.5) is 0 Å². The molecule has 0 saturated carbocycles. The second kappa shape index (κ2) is 4.57. The molecule has 0 aromatic carbocycles. The highest BCUT2D eigenvalue weighted by molar-refractivity contribution is 5.90. The summed E-state index contributed by atoms with van der Waals surface area (Å²) in [5.74, 6) is -2.01. The van der Waals surface area contributed by atoms with Crippen LogP contribution in [0.1, 0.15) is 19.8 Å². The van der Waals surface area contributed by atoms with E-state index in [9.17, 15) is 14.7 Å². The average Bonchev–Trinajstić information content (AvgIpc) is 2.22. The molecule has 2 rings (SSSR count). The van der Waals surface area contributed by atoms with Gasteiger partial charge in [-0.2, -0.15) is 0 Å². The van der Waals surface area contributed by atoms with Crippen molar-refractivity contribution in [2.24, 2.45) is 5.41 Å². The van der Waals surface area contributed by atoms with Crippen LogP contribution in [0.2, 0.25) is 0 Å². The van der Waals surface area contributed by atoms with Gasteiger partial charge in [0.05, 0.1) is 5.41 Å². The molecule has 0 spiro atoms. The standard InChI is InChI=1S/C13H17NO4/c1-13(12(17)18)6-9(8-14-3-2-4-14)5-10(7-13)11(15)16/h5-6H,2-4,7-8H2,1H3,(H,15,16)(H,17,18). The second-order valence-electron chi connectivity index (χ2n) is 5.22. The minimum atomic E-state index is -1.11. The lowest BCUT2D eigenvalue weighted by atomic mass is 9.77. The Morgan fingerprint density at radius 1 is 1.39 bits per heavy atom. The SMILES string of the molecule is CC1(C(=O)O)C=C(CN2CCC2)C=C(C(=O)O)C1. The summed E-state index contributed by atoms with van der Waals surface area (Å²) in [6.45, 7) is 4.20. The first-order valence-electron chi connectivity index (χ1n) is 6.02. The van der Waals surface area contributed by atoms with Crippen LogP contribution < -0.4 is 0 Å². The van der Waals surface area contributed by atoms with Crippen LogP contribution >= 0.6 is 0 Å². The monoisotopic (exact) mass is 251 g/mol. The normalized spacial score (nSPS) is 28.1. The molecule has 1 unspecified atom stereocenters. The lowest BCUT2D eigenvalue weighted by Gasteiger charge is -2.33. The first-order valence-corrected chi connectivity index (χ1v) is 6.02. The highest BCUT2D eigenvalue weighted by atomic mass is 16.4. The third-order valence-corrected chi connectivity index (χ3v) is 3.54. The van der Waals surface area contributed by atoms with Gasteiger partial charge in [-0.05, 0) is 44.5 Å². The molecular weight excluding hydrogens is 234 g/mol. The number of likely N-dealkylation sites (tertiary alicyclic amines) is 1. The predicted molar refractivity (Wildman–Crippen MR) is 65.2 cm³/mol. The zero-order valence-electron chi connectivity index (χ0n) is 10.3. The molecule has 1 aliphatic carbocycles. The van der Waals surface area contributed by atoms with Gasteiger partial charge in [0.1, 0.15) is 0 Å². The van der Waals surface area contributed by atoms with Crippen LogP contribution in [0.3, 0.4) is 0 Å². The van der Waals surface area contributed by atoms with Crippen LogP contribution in [0.15, 0.2) is 23.3 Å². The predicted octanol–water partition coefficient (Wildman–Crippen LogP) is 1.12. The molecule has 18 heavy (non-hydrogen) atoms. The fourth-order valence-electron chi connectivity index (χ4n) is 2.34. The Morgan fingerprint density at radius 3 is 2.50 bits per heavy atom. The molecule has 0 radical (unpaired) electrons. The molecule has 2 aliphatic rings. The van der Waals surface area contributed by atoms with Crippen LogP contribution in [-0.4, -0.2) is 46.7 Å². The van der Waals surface area contributed by atoms with E-state index in [0.717, 1.165) is 25.1 Å². The maximum Gasteiger partial charge on any atom is 0.331 e. The maximum atomic E-state index is 11.3. The number of hydrogen-bond donors (Lipinski definition) is 2. The summed E-state index contributed by atoms with van der Waals surface area (Å²) in [7, 11) is 0. The zero-order chi connectivity index (χ0) is 13.3. The number of carboxylic acid groups (broad SMARTS) is 2. The minimum Gasteiger partial charge on any atom is -0.481 e. The topological polar surface area (TPSA) is 77.8 Å². The van der Waals surface area contributed by atoms with Crippen molar-refractivity contribution in [3.63, 3.8) is 0 Å². The van der Waals surface area contributed by atoms with Crippen molar-refractivity contribution in [1.29, 1.82) is 0 Å². The van der Waals surface area contributed by atoms with E-state index in [-0.39, 0.29) is 12.0 Å². The quantitative estimate of drug-likeness (QED) is 0.783. The van der Waals surface area contributed by atoms with E-state index in [1.54, 1.807) is 19.1 Å². The van der Waals surface area contributed by atoms with Crippen LogP contribution in [0, 0.1) is 5.41 Å². The number of rotatable bonds is 4. The number of carboxylic acids is 2. The van der Waals surface area contributed by atoms with Gasteiger partial charge in [0.2, 0.25) is 0 Å². The lowest BCUT2D eigenvalue weighted by Crippen LogP contribution is -2.39. The molecule has 5 nitrogen and oxygen atoms in total. The summed E-state index contributed by atoms with van der Waals surface area (Å²) < 4.78 is 0. The van der Waals surface area contributed by atoms with E-state index in [0.29, 0.717) is 6.54 Å². The van der Waals surface area contributed by atoms with Gasteiger partial charge in [-0.15, -0.1) is 0 Å². The molecule has 5 heteroatoms. The smallest absolute Gasteiger partial charge is 0.331 e. The number of hydrogen-bond acceptors (Lipinski definition) is 3. The number of nitrogens with zero attached hydrogens (tertiary/aromatic N) is 1. The summed E-state index contributed by atoms with van der Waals surface area (Å²) in [6.07, 6.45) is 4.51. The van der Waals surface area contributed by atoms with Gasteiger partial charge in [0, 0.05) is 12.1 Å². The van der Waals surface area contributed by atoms with Crippen molar-refractivity contribution in [3.05, 3.63) is 23.3 Å². The van der Waals surface area contributed by atoms with E-state index < -0.39 is 17.4 Å². The van der Waals surface area contributed by atoms with Gasteiger partial charge in [0.15, 0.2) is 0 Å². The Labute approximate surface area is 105 Å². The molecule has 2 N–H and O–H groups in total. The Hall–Kier alpha value is -1.62. The molecule has 1 saturated heterocycles. The van der Waals surface area contributed by atoms with Gasteiger partial charge in [-0.25, -0.2) is 4.79 Å². The molecule has 1 fully saturated rings. The highest BCUT2D eigenvalue weighted by Gasteiger charge is 2.36. The molecule has 98 valence electrons. The van der Waals surface area contributed by atoms with E-state index >= 15 is 0 Å². The lowest BCUT2D eigenvalue weighted by molar-refractivity contribution is -0.145. The molecule has 1 heterocycles.